The Labute approximate surface area is 174 Å². The van der Waals surface area contributed by atoms with Crippen molar-refractivity contribution in [1.82, 2.24) is 9.97 Å². The van der Waals surface area contributed by atoms with Crippen LogP contribution < -0.4 is 21.1 Å². The van der Waals surface area contributed by atoms with Gasteiger partial charge in [-0.05, 0) is 37.5 Å². The Kier molecular flexibility index (Phi) is 5.42. The van der Waals surface area contributed by atoms with Crippen LogP contribution in [-0.2, 0) is 15.8 Å². The summed E-state index contributed by atoms with van der Waals surface area (Å²) < 4.78 is 38.8. The minimum atomic E-state index is -4.57. The molecule has 0 radical (unpaired) electrons. The molecule has 2 aliphatic rings. The van der Waals surface area contributed by atoms with E-state index in [0.29, 0.717) is 5.95 Å². The van der Waals surface area contributed by atoms with Crippen molar-refractivity contribution < 1.29 is 22.8 Å². The Hall–Kier alpha value is -3.37. The molecule has 1 fully saturated rings. The number of rotatable bonds is 3. The Morgan fingerprint density at radius 1 is 1.16 bits per heavy atom. The van der Waals surface area contributed by atoms with Crippen LogP contribution in [0.15, 0.2) is 29.1 Å². The highest BCUT2D eigenvalue weighted by Crippen LogP contribution is 2.33. The van der Waals surface area contributed by atoms with Gasteiger partial charge in [-0.25, -0.2) is 0 Å². The van der Waals surface area contributed by atoms with E-state index in [0.717, 1.165) is 44.5 Å². The second-order valence-electron chi connectivity index (χ2n) is 7.57. The topological polar surface area (TPSA) is 107 Å². The third kappa shape index (κ3) is 4.39. The number of nitrogens with one attached hydrogen (secondary N) is 3. The minimum Gasteiger partial charge on any atom is -0.342 e. The van der Waals surface area contributed by atoms with E-state index in [4.69, 9.17) is 0 Å². The zero-order valence-electron chi connectivity index (χ0n) is 16.4. The van der Waals surface area contributed by atoms with Crippen molar-refractivity contribution in [2.45, 2.75) is 37.8 Å². The average Bonchev–Trinajstić information content (AvgIpc) is 2.73. The van der Waals surface area contributed by atoms with Crippen molar-refractivity contribution in [1.29, 1.82) is 0 Å². The number of carbonyl (C=O) groups is 2. The monoisotopic (exact) mass is 435 g/mol. The first-order valence-corrected chi connectivity index (χ1v) is 9.89. The van der Waals surface area contributed by atoms with Crippen molar-refractivity contribution in [3.63, 3.8) is 0 Å². The fourth-order valence-electron chi connectivity index (χ4n) is 3.84. The summed E-state index contributed by atoms with van der Waals surface area (Å²) in [5.41, 5.74) is -1.57. The third-order valence-electron chi connectivity index (χ3n) is 5.37. The van der Waals surface area contributed by atoms with Gasteiger partial charge in [-0.15, -0.1) is 0 Å². The fourth-order valence-corrected chi connectivity index (χ4v) is 3.84. The van der Waals surface area contributed by atoms with Crippen LogP contribution in [0.4, 0.5) is 30.6 Å². The van der Waals surface area contributed by atoms with Crippen molar-refractivity contribution in [2.75, 3.05) is 28.6 Å². The Bertz CT molecular complexity index is 1080. The van der Waals surface area contributed by atoms with Gasteiger partial charge in [-0.2, -0.15) is 18.2 Å². The molecule has 4 rings (SSSR count). The molecule has 3 heterocycles. The van der Waals surface area contributed by atoms with E-state index in [1.807, 2.05) is 4.90 Å². The molecule has 164 valence electrons. The molecular formula is C20H20F3N5O3. The molecule has 2 aliphatic heterocycles. The molecule has 0 saturated carbocycles. The first-order valence-electron chi connectivity index (χ1n) is 9.89. The number of carbonyl (C=O) groups excluding carboxylic acids is 2. The van der Waals surface area contributed by atoms with E-state index in [1.165, 1.54) is 12.1 Å². The summed E-state index contributed by atoms with van der Waals surface area (Å²) in [7, 11) is 0. The molecule has 1 atom stereocenters. The van der Waals surface area contributed by atoms with Crippen LogP contribution >= 0.6 is 0 Å². The first kappa shape index (κ1) is 20.9. The molecule has 2 amide bonds. The second kappa shape index (κ2) is 8.05. The number of anilines is 3. The normalized spacial score (nSPS) is 18.9. The van der Waals surface area contributed by atoms with E-state index in [9.17, 15) is 27.6 Å². The molecule has 1 saturated heterocycles. The largest absolute Gasteiger partial charge is 0.416 e. The lowest BCUT2D eigenvalue weighted by atomic mass is 9.92. The molecule has 8 nitrogen and oxygen atoms in total. The van der Waals surface area contributed by atoms with Crippen LogP contribution in [0.2, 0.25) is 0 Å². The smallest absolute Gasteiger partial charge is 0.342 e. The zero-order chi connectivity index (χ0) is 22.2. The van der Waals surface area contributed by atoms with Gasteiger partial charge in [-0.3, -0.25) is 19.4 Å². The van der Waals surface area contributed by atoms with Gasteiger partial charge < -0.3 is 15.5 Å². The molecule has 0 bridgehead atoms. The number of alkyl halides is 3. The number of amides is 2. The number of benzene rings is 1. The maximum atomic E-state index is 12.9. The second-order valence-corrected chi connectivity index (χ2v) is 7.57. The average molecular weight is 435 g/mol. The molecule has 11 heteroatoms. The van der Waals surface area contributed by atoms with Crippen LogP contribution in [0.3, 0.4) is 0 Å². The maximum absolute atomic E-state index is 12.9. The fraction of sp³-hybridized carbons (Fsp3) is 0.400. The van der Waals surface area contributed by atoms with Gasteiger partial charge in [0.25, 0.3) is 5.56 Å². The number of aromatic amines is 1. The van der Waals surface area contributed by atoms with Crippen LogP contribution in [0.1, 0.15) is 42.7 Å². The summed E-state index contributed by atoms with van der Waals surface area (Å²) in [4.78, 5) is 46.7. The summed E-state index contributed by atoms with van der Waals surface area (Å²) in [5, 5.41) is 4.91. The predicted molar refractivity (Wildman–Crippen MR) is 107 cm³/mol. The number of hydrogen-bond acceptors (Lipinski definition) is 5. The third-order valence-corrected chi connectivity index (χ3v) is 5.37. The SMILES string of the molecule is O=C1C[C@@H](C(=O)Nc2cccc(C(F)(F)F)c2)c2c(nc(N3CCCCC3)[nH]c2=O)N1. The molecule has 1 aromatic carbocycles. The van der Waals surface area contributed by atoms with Gasteiger partial charge in [0.05, 0.1) is 17.0 Å². The van der Waals surface area contributed by atoms with Crippen molar-refractivity contribution in [2.24, 2.45) is 0 Å². The van der Waals surface area contributed by atoms with Crippen molar-refractivity contribution >= 4 is 29.3 Å². The van der Waals surface area contributed by atoms with Gasteiger partial charge in [0.15, 0.2) is 0 Å². The molecule has 2 aromatic rings. The number of nitrogens with zero attached hydrogens (tertiary/aromatic N) is 2. The number of H-pyrrole nitrogens is 1. The van der Waals surface area contributed by atoms with E-state index >= 15 is 0 Å². The summed E-state index contributed by atoms with van der Waals surface area (Å²) in [6, 6.07) is 4.15. The minimum absolute atomic E-state index is 0.00441. The Balaban J connectivity index is 1.62. The van der Waals surface area contributed by atoms with Crippen molar-refractivity contribution in [3.05, 3.63) is 45.7 Å². The van der Waals surface area contributed by atoms with E-state index < -0.39 is 35.0 Å². The summed E-state index contributed by atoms with van der Waals surface area (Å²) in [6.45, 7) is 1.43. The van der Waals surface area contributed by atoms with E-state index in [2.05, 4.69) is 20.6 Å². The van der Waals surface area contributed by atoms with E-state index in [1.54, 1.807) is 0 Å². The molecule has 3 N–H and O–H groups in total. The van der Waals surface area contributed by atoms with Gasteiger partial charge in [0.1, 0.15) is 5.82 Å². The molecule has 1 aromatic heterocycles. The standard InChI is InChI=1S/C20H20F3N5O3/c21-20(22,23)11-5-4-6-12(9-11)24-17(30)13-10-14(29)25-16-15(13)18(31)27-19(26-16)28-7-2-1-3-8-28/h4-6,9,13H,1-3,7-8,10H2,(H,24,30)(H2,25,26,27,29,31)/t13-/m1/s1. The van der Waals surface area contributed by atoms with E-state index in [-0.39, 0.29) is 23.5 Å². The van der Waals surface area contributed by atoms with Gasteiger partial charge in [-0.1, -0.05) is 6.07 Å². The maximum Gasteiger partial charge on any atom is 0.416 e. The van der Waals surface area contributed by atoms with Gasteiger partial charge >= 0.3 is 6.18 Å². The highest BCUT2D eigenvalue weighted by Gasteiger charge is 2.36. The molecule has 0 unspecified atom stereocenters. The van der Waals surface area contributed by atoms with Gasteiger partial charge in [0, 0.05) is 25.2 Å². The Morgan fingerprint density at radius 3 is 2.61 bits per heavy atom. The number of halogens is 3. The van der Waals surface area contributed by atoms with Crippen LogP contribution in [-0.4, -0.2) is 34.9 Å². The van der Waals surface area contributed by atoms with Gasteiger partial charge in [0.2, 0.25) is 17.8 Å². The predicted octanol–water partition coefficient (Wildman–Crippen LogP) is 2.84. The summed E-state index contributed by atoms with van der Waals surface area (Å²) in [5.74, 6) is -2.11. The van der Waals surface area contributed by atoms with Crippen molar-refractivity contribution in [3.8, 4) is 0 Å². The van der Waals surface area contributed by atoms with Crippen LogP contribution in [0.5, 0.6) is 0 Å². The zero-order valence-corrected chi connectivity index (χ0v) is 16.4. The summed E-state index contributed by atoms with van der Waals surface area (Å²) >= 11 is 0. The lowest BCUT2D eigenvalue weighted by molar-refractivity contribution is -0.137. The Morgan fingerprint density at radius 2 is 1.90 bits per heavy atom. The molecule has 0 aliphatic carbocycles. The number of aromatic nitrogens is 2. The number of fused-ring (bicyclic) bond motifs is 1. The number of piperidine rings is 1. The lowest BCUT2D eigenvalue weighted by Crippen LogP contribution is -2.38. The summed E-state index contributed by atoms with van der Waals surface area (Å²) in [6.07, 6.45) is -1.89. The molecule has 0 spiro atoms. The number of hydrogen-bond donors (Lipinski definition) is 3. The highest BCUT2D eigenvalue weighted by atomic mass is 19.4. The molecule has 31 heavy (non-hydrogen) atoms. The highest BCUT2D eigenvalue weighted by molar-refractivity contribution is 6.04. The lowest BCUT2D eigenvalue weighted by Gasteiger charge is -2.29. The quantitative estimate of drug-likeness (QED) is 0.687. The van der Waals surface area contributed by atoms with Crippen LogP contribution in [0, 0.1) is 0 Å². The van der Waals surface area contributed by atoms with Crippen LogP contribution in [0.25, 0.3) is 0 Å². The molecular weight excluding hydrogens is 415 g/mol. The first-order chi connectivity index (χ1) is 14.7.